The molecular weight excluding hydrogens is 348 g/mol. The second-order valence-corrected chi connectivity index (χ2v) is 6.33. The van der Waals surface area contributed by atoms with E-state index in [1.165, 1.54) is 28.4 Å². The molecule has 0 spiro atoms. The van der Waals surface area contributed by atoms with E-state index in [1.807, 2.05) is 24.3 Å². The maximum absolute atomic E-state index is 12.3. The average molecular weight is 363 g/mol. The summed E-state index contributed by atoms with van der Waals surface area (Å²) in [6, 6.07) is 13.5. The molecule has 0 saturated carbocycles. The molecule has 0 atom stereocenters. The molecule has 0 fully saturated rings. The van der Waals surface area contributed by atoms with Crippen molar-refractivity contribution in [1.82, 2.24) is 9.88 Å². The average Bonchev–Trinajstić information content (AvgIpc) is 2.98. The molecule has 2 aromatic carbocycles. The van der Waals surface area contributed by atoms with Gasteiger partial charge in [-0.2, -0.15) is 8.78 Å². The lowest BCUT2D eigenvalue weighted by atomic mass is 10.2. The third-order valence-corrected chi connectivity index (χ3v) is 4.37. The Hall–Kier alpha value is -2.74. The normalized spacial score (nSPS) is 10.9. The first-order valence-corrected chi connectivity index (χ1v) is 8.24. The maximum Gasteiger partial charge on any atom is 0.387 e. The fraction of sp³-hybridized carbons (Fsp3) is 0.176. The highest BCUT2D eigenvalue weighted by molar-refractivity contribution is 7.22. The van der Waals surface area contributed by atoms with Crippen molar-refractivity contribution in [2.45, 2.75) is 13.2 Å². The highest BCUT2D eigenvalue weighted by Gasteiger charge is 2.12. The summed E-state index contributed by atoms with van der Waals surface area (Å²) in [5.41, 5.74) is 1.63. The molecule has 0 aliphatic rings. The Balaban J connectivity index is 1.60. The van der Waals surface area contributed by atoms with E-state index in [9.17, 15) is 13.6 Å². The molecular formula is C17H15F2N3O2S. The van der Waals surface area contributed by atoms with Crippen molar-refractivity contribution in [3.05, 3.63) is 54.1 Å². The van der Waals surface area contributed by atoms with Gasteiger partial charge in [-0.3, -0.25) is 5.32 Å². The van der Waals surface area contributed by atoms with Gasteiger partial charge in [-0.25, -0.2) is 9.78 Å². The highest BCUT2D eigenvalue weighted by atomic mass is 32.1. The lowest BCUT2D eigenvalue weighted by molar-refractivity contribution is -0.0498. The second-order valence-electron chi connectivity index (χ2n) is 5.30. The number of nitrogens with zero attached hydrogens (tertiary/aromatic N) is 2. The molecule has 5 nitrogen and oxygen atoms in total. The molecule has 0 bridgehead atoms. The molecule has 0 aliphatic heterocycles. The van der Waals surface area contributed by atoms with Gasteiger partial charge in [-0.1, -0.05) is 35.6 Å². The molecule has 1 aromatic heterocycles. The highest BCUT2D eigenvalue weighted by Crippen LogP contribution is 2.25. The number of urea groups is 1. The molecule has 3 aromatic rings. The van der Waals surface area contributed by atoms with E-state index in [2.05, 4.69) is 15.0 Å². The summed E-state index contributed by atoms with van der Waals surface area (Å²) < 4.78 is 29.6. The van der Waals surface area contributed by atoms with Crippen molar-refractivity contribution in [3.8, 4) is 5.75 Å². The number of carbonyl (C=O) groups is 1. The van der Waals surface area contributed by atoms with E-state index in [1.54, 1.807) is 19.2 Å². The second kappa shape index (κ2) is 7.43. The number of fused-ring (bicyclic) bond motifs is 1. The van der Waals surface area contributed by atoms with Gasteiger partial charge >= 0.3 is 12.6 Å². The van der Waals surface area contributed by atoms with Crippen molar-refractivity contribution >= 4 is 32.7 Å². The van der Waals surface area contributed by atoms with E-state index in [-0.39, 0.29) is 11.8 Å². The molecule has 2 amide bonds. The number of ether oxygens (including phenoxy) is 1. The minimum Gasteiger partial charge on any atom is -0.435 e. The zero-order valence-electron chi connectivity index (χ0n) is 13.3. The van der Waals surface area contributed by atoms with Crippen LogP contribution in [0.15, 0.2) is 48.5 Å². The van der Waals surface area contributed by atoms with Crippen LogP contribution in [0.3, 0.4) is 0 Å². The van der Waals surface area contributed by atoms with E-state index in [4.69, 9.17) is 0 Å². The van der Waals surface area contributed by atoms with Crippen LogP contribution in [0.1, 0.15) is 5.56 Å². The van der Waals surface area contributed by atoms with Gasteiger partial charge in [0, 0.05) is 13.6 Å². The van der Waals surface area contributed by atoms with Crippen molar-refractivity contribution in [1.29, 1.82) is 0 Å². The fourth-order valence-electron chi connectivity index (χ4n) is 2.23. The number of rotatable bonds is 5. The summed E-state index contributed by atoms with van der Waals surface area (Å²) in [4.78, 5) is 18.1. The Labute approximate surface area is 146 Å². The van der Waals surface area contributed by atoms with Crippen LogP contribution >= 0.6 is 11.3 Å². The van der Waals surface area contributed by atoms with Gasteiger partial charge in [0.2, 0.25) is 0 Å². The number of amides is 2. The third kappa shape index (κ3) is 4.42. The summed E-state index contributed by atoms with van der Waals surface area (Å²) in [6.45, 7) is -2.53. The Bertz CT molecular complexity index is 835. The van der Waals surface area contributed by atoms with Crippen molar-refractivity contribution in [2.24, 2.45) is 0 Å². The van der Waals surface area contributed by atoms with Gasteiger partial charge in [-0.15, -0.1) is 0 Å². The van der Waals surface area contributed by atoms with Crippen LogP contribution in [0.4, 0.5) is 18.7 Å². The number of carbonyl (C=O) groups excluding carboxylic acids is 1. The summed E-state index contributed by atoms with van der Waals surface area (Å²) in [5.74, 6) is 0.0836. The quantitative estimate of drug-likeness (QED) is 0.723. The molecule has 1 N–H and O–H groups in total. The number of hydrogen-bond donors (Lipinski definition) is 1. The SMILES string of the molecule is CN(Cc1ccc(OC(F)F)cc1)C(=O)Nc1nc2ccccc2s1. The predicted octanol–water partition coefficient (Wildman–Crippen LogP) is 4.56. The van der Waals surface area contributed by atoms with E-state index in [0.717, 1.165) is 15.8 Å². The number of nitrogens with one attached hydrogen (secondary N) is 1. The lowest BCUT2D eigenvalue weighted by Gasteiger charge is -2.17. The Morgan fingerprint density at radius 2 is 1.96 bits per heavy atom. The van der Waals surface area contributed by atoms with Gasteiger partial charge < -0.3 is 9.64 Å². The van der Waals surface area contributed by atoms with Crippen molar-refractivity contribution in [2.75, 3.05) is 12.4 Å². The molecule has 0 aliphatic carbocycles. The zero-order chi connectivity index (χ0) is 17.8. The van der Waals surface area contributed by atoms with Crippen LogP contribution in [0, 0.1) is 0 Å². The number of halogens is 2. The third-order valence-electron chi connectivity index (χ3n) is 3.42. The van der Waals surface area contributed by atoms with Gasteiger partial charge in [0.1, 0.15) is 5.75 Å². The minimum absolute atomic E-state index is 0.0836. The molecule has 8 heteroatoms. The number of benzene rings is 2. The molecule has 0 saturated heterocycles. The summed E-state index contributed by atoms with van der Waals surface area (Å²) in [6.07, 6.45) is 0. The predicted molar refractivity (Wildman–Crippen MR) is 93.2 cm³/mol. The monoisotopic (exact) mass is 363 g/mol. The Morgan fingerprint density at radius 1 is 1.24 bits per heavy atom. The first kappa shape index (κ1) is 17.1. The molecule has 3 rings (SSSR count). The summed E-state index contributed by atoms with van der Waals surface area (Å²) in [7, 11) is 1.65. The molecule has 0 unspecified atom stereocenters. The van der Waals surface area contributed by atoms with Gasteiger partial charge in [0.25, 0.3) is 0 Å². The maximum atomic E-state index is 12.3. The molecule has 130 valence electrons. The number of anilines is 1. The van der Waals surface area contributed by atoms with Crippen LogP contribution in [-0.4, -0.2) is 29.6 Å². The molecule has 25 heavy (non-hydrogen) atoms. The number of hydrogen-bond acceptors (Lipinski definition) is 4. The number of alkyl halides is 2. The van der Waals surface area contributed by atoms with Gasteiger partial charge in [0.05, 0.1) is 10.2 Å². The van der Waals surface area contributed by atoms with E-state index < -0.39 is 6.61 Å². The first-order valence-electron chi connectivity index (χ1n) is 7.43. The van der Waals surface area contributed by atoms with Crippen LogP contribution < -0.4 is 10.1 Å². The van der Waals surface area contributed by atoms with Crippen LogP contribution in [0.25, 0.3) is 10.2 Å². The van der Waals surface area contributed by atoms with E-state index in [0.29, 0.717) is 11.7 Å². The van der Waals surface area contributed by atoms with Crippen LogP contribution in [-0.2, 0) is 6.54 Å². The Kier molecular flexibility index (Phi) is 5.08. The number of aromatic nitrogens is 1. The summed E-state index contributed by atoms with van der Waals surface area (Å²) in [5, 5.41) is 3.29. The van der Waals surface area contributed by atoms with Crippen LogP contribution in [0.5, 0.6) is 5.75 Å². The zero-order valence-corrected chi connectivity index (χ0v) is 14.1. The topological polar surface area (TPSA) is 54.5 Å². The largest absolute Gasteiger partial charge is 0.435 e. The standard InChI is InChI=1S/C17H15F2N3O2S/c1-22(10-11-6-8-12(9-7-11)24-15(18)19)17(23)21-16-20-13-4-2-3-5-14(13)25-16/h2-9,15H,10H2,1H3,(H,20,21,23). The molecule has 1 heterocycles. The van der Waals surface area contributed by atoms with Crippen molar-refractivity contribution < 1.29 is 18.3 Å². The van der Waals surface area contributed by atoms with Crippen LogP contribution in [0.2, 0.25) is 0 Å². The smallest absolute Gasteiger partial charge is 0.387 e. The number of para-hydroxylation sites is 1. The lowest BCUT2D eigenvalue weighted by Crippen LogP contribution is -2.30. The molecule has 0 radical (unpaired) electrons. The number of thiazole rings is 1. The van der Waals surface area contributed by atoms with Gasteiger partial charge in [-0.05, 0) is 29.8 Å². The van der Waals surface area contributed by atoms with Gasteiger partial charge in [0.15, 0.2) is 5.13 Å². The minimum atomic E-state index is -2.85. The fourth-order valence-corrected chi connectivity index (χ4v) is 3.09. The van der Waals surface area contributed by atoms with Crippen molar-refractivity contribution in [3.63, 3.8) is 0 Å². The first-order chi connectivity index (χ1) is 12.0. The summed E-state index contributed by atoms with van der Waals surface area (Å²) >= 11 is 1.40. The van der Waals surface area contributed by atoms with E-state index >= 15 is 0 Å². The Morgan fingerprint density at radius 3 is 2.64 bits per heavy atom.